The molecule has 9 nitrogen and oxygen atoms in total. The number of aromatic nitrogens is 2. The van der Waals surface area contributed by atoms with E-state index in [1.54, 1.807) is 0 Å². The molecular weight excluding hydrogens is 512 g/mol. The van der Waals surface area contributed by atoms with Gasteiger partial charge in [0.15, 0.2) is 0 Å². The Kier molecular flexibility index (Phi) is 8.90. The highest BCUT2D eigenvalue weighted by Gasteiger charge is 2.37. The summed E-state index contributed by atoms with van der Waals surface area (Å²) in [5.41, 5.74) is 0.316. The number of nitro groups is 1. The van der Waals surface area contributed by atoms with Gasteiger partial charge in [0.25, 0.3) is 5.69 Å². The Morgan fingerprint density at radius 3 is 2.03 bits per heavy atom. The number of hydrogen-bond donors (Lipinski definition) is 1. The highest BCUT2D eigenvalue weighted by atomic mass is 19.4. The van der Waals surface area contributed by atoms with Crippen LogP contribution < -0.4 is 5.69 Å². The number of halogens is 6. The van der Waals surface area contributed by atoms with Crippen molar-refractivity contribution in [3.8, 4) is 0 Å². The van der Waals surface area contributed by atoms with E-state index in [0.29, 0.717) is 43.4 Å². The van der Waals surface area contributed by atoms with Crippen LogP contribution in [0.4, 0.5) is 32.0 Å². The molecular formula is C22H29F6N5O4. The Morgan fingerprint density at radius 2 is 1.51 bits per heavy atom. The number of rotatable bonds is 6. The van der Waals surface area contributed by atoms with Crippen LogP contribution in [0.1, 0.15) is 25.7 Å². The molecule has 2 aromatic rings. The summed E-state index contributed by atoms with van der Waals surface area (Å²) in [6.45, 7) is -1.23. The molecule has 208 valence electrons. The van der Waals surface area contributed by atoms with Crippen molar-refractivity contribution in [3.63, 3.8) is 0 Å². The van der Waals surface area contributed by atoms with Crippen molar-refractivity contribution in [1.82, 2.24) is 18.9 Å². The lowest BCUT2D eigenvalue weighted by Crippen LogP contribution is -2.41. The fraction of sp³-hybridized carbons (Fsp3) is 0.682. The zero-order valence-corrected chi connectivity index (χ0v) is 20.1. The van der Waals surface area contributed by atoms with E-state index in [1.165, 1.54) is 44.2 Å². The van der Waals surface area contributed by atoms with E-state index in [4.69, 9.17) is 5.11 Å². The van der Waals surface area contributed by atoms with E-state index in [2.05, 4.69) is 0 Å². The van der Waals surface area contributed by atoms with Crippen LogP contribution >= 0.6 is 0 Å². The number of hydrogen-bond acceptors (Lipinski definition) is 6. The molecule has 1 unspecified atom stereocenters. The summed E-state index contributed by atoms with van der Waals surface area (Å²) in [6, 6.07) is 3.36. The topological polar surface area (TPSA) is 96.8 Å². The van der Waals surface area contributed by atoms with Gasteiger partial charge in [0.05, 0.1) is 35.7 Å². The van der Waals surface area contributed by atoms with Crippen molar-refractivity contribution >= 4 is 16.7 Å². The van der Waals surface area contributed by atoms with Gasteiger partial charge >= 0.3 is 18.0 Å². The van der Waals surface area contributed by atoms with Crippen molar-refractivity contribution < 1.29 is 36.4 Å². The summed E-state index contributed by atoms with van der Waals surface area (Å²) in [7, 11) is 1.54. The molecule has 0 saturated carbocycles. The summed E-state index contributed by atoms with van der Waals surface area (Å²) in [6.07, 6.45) is -5.84. The van der Waals surface area contributed by atoms with Crippen LogP contribution in [0.5, 0.6) is 0 Å². The molecule has 1 aromatic carbocycles. The highest BCUT2D eigenvalue weighted by Crippen LogP contribution is 2.27. The number of likely N-dealkylation sites (tertiary alicyclic amines) is 2. The number of nitro benzene ring substituents is 1. The average molecular weight is 541 g/mol. The smallest absolute Gasteiger partial charge is 0.395 e. The highest BCUT2D eigenvalue weighted by molar-refractivity contribution is 5.78. The fourth-order valence-electron chi connectivity index (χ4n) is 4.98. The third-order valence-electron chi connectivity index (χ3n) is 6.71. The van der Waals surface area contributed by atoms with Crippen molar-refractivity contribution in [2.24, 2.45) is 7.05 Å². The zero-order valence-electron chi connectivity index (χ0n) is 20.1. The quantitative estimate of drug-likeness (QED) is 0.343. The summed E-state index contributed by atoms with van der Waals surface area (Å²) < 4.78 is 76.5. The van der Waals surface area contributed by atoms with Crippen molar-refractivity contribution in [2.45, 2.75) is 56.7 Å². The molecule has 0 radical (unpaired) electrons. The van der Waals surface area contributed by atoms with Gasteiger partial charge < -0.3 is 5.11 Å². The van der Waals surface area contributed by atoms with Crippen molar-refractivity contribution in [1.29, 1.82) is 0 Å². The van der Waals surface area contributed by atoms with Crippen LogP contribution in [0.3, 0.4) is 0 Å². The normalized spacial score (nSPS) is 21.4. The number of alkyl halides is 6. The molecule has 2 aliphatic heterocycles. The predicted molar refractivity (Wildman–Crippen MR) is 122 cm³/mol. The van der Waals surface area contributed by atoms with Gasteiger partial charge in [-0.15, -0.1) is 0 Å². The lowest BCUT2D eigenvalue weighted by molar-refractivity contribution is -0.384. The molecule has 2 saturated heterocycles. The first-order valence-electron chi connectivity index (χ1n) is 11.8. The molecule has 3 heterocycles. The van der Waals surface area contributed by atoms with Gasteiger partial charge in [-0.3, -0.25) is 29.0 Å². The molecule has 0 spiro atoms. The van der Waals surface area contributed by atoms with E-state index in [1.807, 2.05) is 0 Å². The molecule has 0 aliphatic carbocycles. The molecule has 2 aliphatic rings. The van der Waals surface area contributed by atoms with Gasteiger partial charge in [-0.05, 0) is 44.8 Å². The van der Waals surface area contributed by atoms with Crippen LogP contribution in [0.2, 0.25) is 0 Å². The fourth-order valence-corrected chi connectivity index (χ4v) is 4.98. The zero-order chi connectivity index (χ0) is 27.5. The molecule has 1 aromatic heterocycles. The van der Waals surface area contributed by atoms with Crippen LogP contribution in [-0.4, -0.2) is 86.2 Å². The van der Waals surface area contributed by atoms with Crippen LogP contribution in [0.25, 0.3) is 11.0 Å². The lowest BCUT2D eigenvalue weighted by atomic mass is 10.2. The standard InChI is InChI=1S/C15H17F3N4O3.C7H12F3NO/c1-19-12-5-4-10(22(24)25)7-13(12)21(14(19)23)8-11-3-2-6-20(11)9-15(16,17)18;8-7(9,10)5-11-3-1-2-6(11)4-12/h4-5,7,11H,2-3,6,8-9H2,1H3;6,12H,1-5H2/t;6-/m.0/s1. The molecule has 37 heavy (non-hydrogen) atoms. The minimum Gasteiger partial charge on any atom is -0.395 e. The van der Waals surface area contributed by atoms with Crippen LogP contribution in [-0.2, 0) is 13.6 Å². The second kappa shape index (κ2) is 11.4. The molecule has 1 N–H and O–H groups in total. The number of nitrogens with zero attached hydrogens (tertiary/aromatic N) is 5. The number of aryl methyl sites for hydroxylation is 1. The Labute approximate surface area is 208 Å². The summed E-state index contributed by atoms with van der Waals surface area (Å²) in [4.78, 5) is 25.5. The number of aliphatic hydroxyl groups excluding tert-OH is 1. The van der Waals surface area contributed by atoms with Gasteiger partial charge in [0.2, 0.25) is 0 Å². The second-order valence-corrected chi connectivity index (χ2v) is 9.33. The van der Waals surface area contributed by atoms with E-state index in [-0.39, 0.29) is 24.9 Å². The van der Waals surface area contributed by atoms with Gasteiger partial charge in [-0.2, -0.15) is 26.3 Å². The maximum Gasteiger partial charge on any atom is 0.401 e. The molecule has 0 bridgehead atoms. The summed E-state index contributed by atoms with van der Waals surface area (Å²) in [5, 5.41) is 19.7. The van der Waals surface area contributed by atoms with Crippen LogP contribution in [0, 0.1) is 10.1 Å². The Bertz CT molecular complexity index is 1150. The molecule has 2 fully saturated rings. The number of non-ortho nitro benzene ring substituents is 1. The SMILES string of the molecule is Cn1c(=O)n(CC2CCCN2CC(F)(F)F)c2cc([N+](=O)[O-])ccc21.OC[C@@H]1CCCN1CC(F)(F)F. The molecule has 4 rings (SSSR count). The minimum atomic E-state index is -4.30. The Morgan fingerprint density at radius 1 is 0.973 bits per heavy atom. The monoisotopic (exact) mass is 541 g/mol. The number of benzene rings is 1. The Balaban J connectivity index is 0.000000266. The van der Waals surface area contributed by atoms with Gasteiger partial charge in [0, 0.05) is 37.8 Å². The maximum atomic E-state index is 12.7. The van der Waals surface area contributed by atoms with E-state index in [0.717, 1.165) is 6.42 Å². The summed E-state index contributed by atoms with van der Waals surface area (Å²) in [5.74, 6) is 0. The average Bonchev–Trinajstić information content (AvgIpc) is 3.47. The van der Waals surface area contributed by atoms with E-state index >= 15 is 0 Å². The van der Waals surface area contributed by atoms with Crippen LogP contribution in [0.15, 0.2) is 23.0 Å². The molecule has 0 amide bonds. The predicted octanol–water partition coefficient (Wildman–Crippen LogP) is 3.28. The number of fused-ring (bicyclic) bond motifs is 1. The van der Waals surface area contributed by atoms with Crippen molar-refractivity contribution in [3.05, 3.63) is 38.8 Å². The van der Waals surface area contributed by atoms with Gasteiger partial charge in [-0.25, -0.2) is 4.79 Å². The molecule has 15 heteroatoms. The largest absolute Gasteiger partial charge is 0.401 e. The Hall–Kier alpha value is -2.65. The first-order chi connectivity index (χ1) is 17.2. The molecule has 2 atom stereocenters. The van der Waals surface area contributed by atoms with E-state index in [9.17, 15) is 41.3 Å². The minimum absolute atomic E-state index is 0.0768. The van der Waals surface area contributed by atoms with Crippen molar-refractivity contribution in [2.75, 3.05) is 32.8 Å². The van der Waals surface area contributed by atoms with E-state index < -0.39 is 42.1 Å². The van der Waals surface area contributed by atoms with Gasteiger partial charge in [0.1, 0.15) is 0 Å². The number of imidazole rings is 1. The number of aliphatic hydroxyl groups is 1. The first-order valence-corrected chi connectivity index (χ1v) is 11.8. The summed E-state index contributed by atoms with van der Waals surface area (Å²) >= 11 is 0. The lowest BCUT2D eigenvalue weighted by Gasteiger charge is -2.25. The first kappa shape index (κ1) is 28.9. The third-order valence-corrected chi connectivity index (χ3v) is 6.71. The second-order valence-electron chi connectivity index (χ2n) is 9.33. The van der Waals surface area contributed by atoms with Gasteiger partial charge in [-0.1, -0.05) is 0 Å². The third kappa shape index (κ3) is 7.45. The maximum absolute atomic E-state index is 12.7.